The molecular formula is C29H38N3O5P. The van der Waals surface area contributed by atoms with E-state index in [1.54, 1.807) is 4.57 Å². The molecule has 0 saturated carbocycles. The molecule has 0 aliphatic heterocycles. The van der Waals surface area contributed by atoms with E-state index in [0.29, 0.717) is 12.3 Å². The van der Waals surface area contributed by atoms with Crippen LogP contribution in [0.4, 0.5) is 0 Å². The van der Waals surface area contributed by atoms with Gasteiger partial charge in [-0.15, -0.1) is 0 Å². The van der Waals surface area contributed by atoms with E-state index in [1.165, 1.54) is 19.7 Å². The molecule has 0 bridgehead atoms. The normalized spacial score (nSPS) is 13.1. The Morgan fingerprint density at radius 1 is 1.03 bits per heavy atom. The van der Waals surface area contributed by atoms with Crippen molar-refractivity contribution in [1.82, 2.24) is 14.2 Å². The molecule has 2 N–H and O–H groups in total. The Kier molecular flexibility index (Phi) is 9.88. The van der Waals surface area contributed by atoms with Gasteiger partial charge >= 0.3 is 7.75 Å². The fourth-order valence-electron chi connectivity index (χ4n) is 4.05. The lowest BCUT2D eigenvalue weighted by Gasteiger charge is -2.18. The van der Waals surface area contributed by atoms with Crippen molar-refractivity contribution in [2.75, 3.05) is 27.4 Å². The number of nitrogens with one attached hydrogen (secondary N) is 1. The van der Waals surface area contributed by atoms with Gasteiger partial charge in [0.1, 0.15) is 5.69 Å². The molecule has 2 aromatic heterocycles. The van der Waals surface area contributed by atoms with E-state index in [9.17, 15) is 9.36 Å². The van der Waals surface area contributed by atoms with Crippen LogP contribution in [0, 0.1) is 5.41 Å². The number of fused-ring (bicyclic) bond motifs is 1. The lowest BCUT2D eigenvalue weighted by atomic mass is 9.88. The molecule has 1 atom stereocenters. The van der Waals surface area contributed by atoms with Crippen molar-refractivity contribution in [3.05, 3.63) is 84.3 Å². The van der Waals surface area contributed by atoms with E-state index >= 15 is 0 Å². The Morgan fingerprint density at radius 2 is 1.71 bits per heavy atom. The number of aryl methyl sites for hydroxylation is 1. The number of nitrogens with zero attached hydrogens (tertiary/aromatic N) is 2. The number of methoxy groups -OCH3 is 1. The second-order valence-electron chi connectivity index (χ2n) is 10.3. The molecule has 4 rings (SSSR count). The number of aromatic nitrogens is 2. The number of ether oxygens (including phenoxy) is 1. The van der Waals surface area contributed by atoms with Crippen molar-refractivity contribution < 1.29 is 23.5 Å². The molecule has 1 unspecified atom stereocenters. The molecule has 38 heavy (non-hydrogen) atoms. The molecule has 0 radical (unpaired) electrons. The Morgan fingerprint density at radius 3 is 2.34 bits per heavy atom. The fourth-order valence-corrected chi connectivity index (χ4v) is 4.51. The Labute approximate surface area is 224 Å². The Bertz CT molecular complexity index is 1400. The van der Waals surface area contributed by atoms with E-state index < -0.39 is 7.75 Å². The SMILES string of the molecule is CNP(=O)(O)OCCOC.Cn1cc(-c2ccc(CC(C)(C)C)cc2)cc1C(=O)n1ccc2ccccc21. The van der Waals surface area contributed by atoms with Crippen molar-refractivity contribution in [2.45, 2.75) is 27.2 Å². The molecule has 0 aliphatic rings. The van der Waals surface area contributed by atoms with Crippen molar-refractivity contribution >= 4 is 24.6 Å². The van der Waals surface area contributed by atoms with Crippen molar-refractivity contribution in [3.63, 3.8) is 0 Å². The minimum Gasteiger partial charge on any atom is -0.382 e. The van der Waals surface area contributed by atoms with Crippen LogP contribution in [0.15, 0.2) is 73.1 Å². The molecule has 4 aromatic rings. The van der Waals surface area contributed by atoms with E-state index in [0.717, 1.165) is 28.5 Å². The summed E-state index contributed by atoms with van der Waals surface area (Å²) < 4.78 is 23.4. The molecule has 204 valence electrons. The van der Waals surface area contributed by atoms with Crippen LogP contribution in [-0.2, 0) is 27.3 Å². The maximum Gasteiger partial charge on any atom is 0.402 e. The number of hydrogen-bond acceptors (Lipinski definition) is 4. The summed E-state index contributed by atoms with van der Waals surface area (Å²) in [5, 5.41) is 3.20. The Hall–Kier alpha value is -3.00. The van der Waals surface area contributed by atoms with Gasteiger partial charge in [0, 0.05) is 37.5 Å². The fraction of sp³-hybridized carbons (Fsp3) is 0.345. The zero-order valence-corrected chi connectivity index (χ0v) is 23.9. The highest BCUT2D eigenvalue weighted by molar-refractivity contribution is 7.50. The van der Waals surface area contributed by atoms with Crippen LogP contribution < -0.4 is 5.09 Å². The molecule has 0 aliphatic carbocycles. The van der Waals surface area contributed by atoms with Gasteiger partial charge in [0.15, 0.2) is 0 Å². The van der Waals surface area contributed by atoms with Crippen LogP contribution >= 0.6 is 7.75 Å². The monoisotopic (exact) mass is 539 g/mol. The van der Waals surface area contributed by atoms with Gasteiger partial charge in [0.2, 0.25) is 0 Å². The molecule has 2 heterocycles. The predicted molar refractivity (Wildman–Crippen MR) is 152 cm³/mol. The largest absolute Gasteiger partial charge is 0.402 e. The second kappa shape index (κ2) is 12.7. The maximum absolute atomic E-state index is 13.1. The zero-order chi connectivity index (χ0) is 27.9. The van der Waals surface area contributed by atoms with Gasteiger partial charge in [-0.25, -0.2) is 9.65 Å². The first-order chi connectivity index (χ1) is 17.9. The van der Waals surface area contributed by atoms with Crippen LogP contribution in [0.1, 0.15) is 36.8 Å². The third-order valence-electron chi connectivity index (χ3n) is 5.90. The molecule has 2 aromatic carbocycles. The highest BCUT2D eigenvalue weighted by atomic mass is 31.2. The molecule has 9 heteroatoms. The molecular weight excluding hydrogens is 501 g/mol. The van der Waals surface area contributed by atoms with E-state index in [1.807, 2.05) is 60.4 Å². The second-order valence-corrected chi connectivity index (χ2v) is 12.0. The summed E-state index contributed by atoms with van der Waals surface area (Å²) in [6.07, 6.45) is 4.92. The number of hydrogen-bond donors (Lipinski definition) is 2. The third kappa shape index (κ3) is 8.00. The van der Waals surface area contributed by atoms with E-state index in [4.69, 9.17) is 4.89 Å². The minimum atomic E-state index is -3.53. The number of benzene rings is 2. The molecule has 0 fully saturated rings. The predicted octanol–water partition coefficient (Wildman–Crippen LogP) is 5.89. The summed E-state index contributed by atoms with van der Waals surface area (Å²) in [4.78, 5) is 21.9. The number of carbonyl (C=O) groups is 1. The summed E-state index contributed by atoms with van der Waals surface area (Å²) in [5.41, 5.74) is 5.40. The van der Waals surface area contributed by atoms with Gasteiger partial charge in [0.05, 0.1) is 18.7 Å². The van der Waals surface area contributed by atoms with Gasteiger partial charge in [-0.3, -0.25) is 13.9 Å². The highest BCUT2D eigenvalue weighted by Crippen LogP contribution is 2.35. The first kappa shape index (κ1) is 29.6. The Balaban J connectivity index is 0.000000342. The van der Waals surface area contributed by atoms with Gasteiger partial charge < -0.3 is 14.2 Å². The van der Waals surface area contributed by atoms with Crippen LogP contribution in [0.2, 0.25) is 0 Å². The van der Waals surface area contributed by atoms with Crippen LogP contribution in [-0.4, -0.2) is 47.3 Å². The summed E-state index contributed by atoms with van der Waals surface area (Å²) in [6.45, 7) is 7.18. The first-order valence-electron chi connectivity index (χ1n) is 12.5. The standard InChI is InChI=1S/C25H26N2O.C4H12NO4P/c1-25(2,3)16-18-9-11-19(12-10-18)21-15-23(26(4)17-21)24(28)27-14-13-20-7-5-6-8-22(20)27;1-5-10(6,7)9-4-3-8-2/h5-15,17H,16H2,1-4H3;3-4H2,1-2H3,(H2,5,6,7). The number of carbonyl (C=O) groups excluding carboxylic acids is 1. The first-order valence-corrected chi connectivity index (χ1v) is 14.0. The highest BCUT2D eigenvalue weighted by Gasteiger charge is 2.17. The smallest absolute Gasteiger partial charge is 0.382 e. The van der Waals surface area contributed by atoms with Crippen LogP contribution in [0.5, 0.6) is 0 Å². The number of rotatable bonds is 8. The average molecular weight is 540 g/mol. The zero-order valence-electron chi connectivity index (χ0n) is 23.0. The molecule has 0 spiro atoms. The van der Waals surface area contributed by atoms with Crippen molar-refractivity contribution in [3.8, 4) is 11.1 Å². The lowest BCUT2D eigenvalue weighted by Crippen LogP contribution is -2.14. The summed E-state index contributed by atoms with van der Waals surface area (Å²) in [5.74, 6) is -0.0145. The molecule has 0 saturated heterocycles. The average Bonchev–Trinajstić information content (AvgIpc) is 3.47. The summed E-state index contributed by atoms with van der Waals surface area (Å²) >= 11 is 0. The van der Waals surface area contributed by atoms with Gasteiger partial charge in [-0.05, 0) is 48.2 Å². The summed E-state index contributed by atoms with van der Waals surface area (Å²) in [7, 11) is 1.24. The van der Waals surface area contributed by atoms with Gasteiger partial charge in [0.25, 0.3) is 5.91 Å². The quantitative estimate of drug-likeness (QED) is 0.214. The maximum atomic E-state index is 13.1. The van der Waals surface area contributed by atoms with Gasteiger partial charge in [-0.1, -0.05) is 63.2 Å². The molecule has 0 amide bonds. The third-order valence-corrected chi connectivity index (χ3v) is 7.00. The van der Waals surface area contributed by atoms with E-state index in [-0.39, 0.29) is 17.9 Å². The topological polar surface area (TPSA) is 94.7 Å². The molecule has 8 nitrogen and oxygen atoms in total. The van der Waals surface area contributed by atoms with Gasteiger partial charge in [-0.2, -0.15) is 0 Å². The van der Waals surface area contributed by atoms with Crippen molar-refractivity contribution in [1.29, 1.82) is 0 Å². The van der Waals surface area contributed by atoms with Crippen LogP contribution in [0.25, 0.3) is 22.0 Å². The lowest BCUT2D eigenvalue weighted by molar-refractivity contribution is 0.0957. The van der Waals surface area contributed by atoms with Crippen LogP contribution in [0.3, 0.4) is 0 Å². The minimum absolute atomic E-state index is 0.0145. The van der Waals surface area contributed by atoms with Crippen molar-refractivity contribution in [2.24, 2.45) is 12.5 Å². The van der Waals surface area contributed by atoms with E-state index in [2.05, 4.69) is 59.4 Å². The number of para-hydroxylation sites is 1. The summed E-state index contributed by atoms with van der Waals surface area (Å²) in [6, 6.07) is 20.6.